The van der Waals surface area contributed by atoms with Crippen molar-refractivity contribution in [2.75, 3.05) is 19.9 Å². The number of carbonyl (C=O) groups excluding carboxylic acids is 1. The van der Waals surface area contributed by atoms with Gasteiger partial charge >= 0.3 is 0 Å². The molecule has 154 valence electrons. The Kier molecular flexibility index (Phi) is 5.44. The van der Waals surface area contributed by atoms with Crippen molar-refractivity contribution >= 4 is 5.91 Å². The van der Waals surface area contributed by atoms with Crippen LogP contribution in [0.15, 0.2) is 33.5 Å². The SMILES string of the molecule is NC(=O)C[C@H](c1ccc2c(c1)OCO2)c1oc(CN2CCCCC2)cc(=O)c1O. The molecule has 0 saturated carbocycles. The van der Waals surface area contributed by atoms with Crippen molar-refractivity contribution in [2.24, 2.45) is 5.73 Å². The highest BCUT2D eigenvalue weighted by molar-refractivity contribution is 5.75. The van der Waals surface area contributed by atoms with E-state index in [1.54, 1.807) is 18.2 Å². The Hall–Kier alpha value is -3.00. The molecule has 0 spiro atoms. The summed E-state index contributed by atoms with van der Waals surface area (Å²) in [6, 6.07) is 6.50. The van der Waals surface area contributed by atoms with Gasteiger partial charge in [0, 0.05) is 12.5 Å². The summed E-state index contributed by atoms with van der Waals surface area (Å²) in [6.45, 7) is 2.47. The fourth-order valence-electron chi connectivity index (χ4n) is 3.90. The Morgan fingerprint density at radius 3 is 2.66 bits per heavy atom. The highest BCUT2D eigenvalue weighted by Gasteiger charge is 2.27. The standard InChI is InChI=1S/C21H24N2O6/c22-19(25)10-15(13-4-5-17-18(8-13)28-12-27-17)21-20(26)16(24)9-14(29-21)11-23-6-2-1-3-7-23/h4-5,8-9,15,26H,1-3,6-7,10-12H2,(H2,22,25)/t15-/m1/s1. The van der Waals surface area contributed by atoms with Gasteiger partial charge in [-0.2, -0.15) is 0 Å². The molecule has 0 bridgehead atoms. The molecular formula is C21H24N2O6. The van der Waals surface area contributed by atoms with Crippen molar-refractivity contribution < 1.29 is 23.8 Å². The summed E-state index contributed by atoms with van der Waals surface area (Å²) in [5, 5.41) is 10.4. The topological polar surface area (TPSA) is 115 Å². The average Bonchev–Trinajstić information content (AvgIpc) is 3.17. The van der Waals surface area contributed by atoms with Crippen LogP contribution in [0.1, 0.15) is 48.7 Å². The van der Waals surface area contributed by atoms with Crippen molar-refractivity contribution in [3.63, 3.8) is 0 Å². The number of hydrogen-bond acceptors (Lipinski definition) is 7. The number of benzene rings is 1. The monoisotopic (exact) mass is 400 g/mol. The smallest absolute Gasteiger partial charge is 0.231 e. The van der Waals surface area contributed by atoms with Gasteiger partial charge in [0.25, 0.3) is 0 Å². The summed E-state index contributed by atoms with van der Waals surface area (Å²) >= 11 is 0. The minimum atomic E-state index is -0.712. The summed E-state index contributed by atoms with van der Waals surface area (Å²) in [7, 11) is 0. The number of primary amides is 1. The van der Waals surface area contributed by atoms with Crippen LogP contribution in [0.4, 0.5) is 0 Å². The van der Waals surface area contributed by atoms with Crippen molar-refractivity contribution in [3.05, 3.63) is 51.6 Å². The lowest BCUT2D eigenvalue weighted by atomic mass is 9.91. The van der Waals surface area contributed by atoms with E-state index >= 15 is 0 Å². The molecule has 2 aliphatic heterocycles. The first kappa shape index (κ1) is 19.3. The van der Waals surface area contributed by atoms with Crippen LogP contribution in [0.2, 0.25) is 0 Å². The van der Waals surface area contributed by atoms with Gasteiger partial charge in [-0.15, -0.1) is 0 Å². The highest BCUT2D eigenvalue weighted by atomic mass is 16.7. The Bertz CT molecular complexity index is 964. The first-order chi connectivity index (χ1) is 14.0. The summed E-state index contributed by atoms with van der Waals surface area (Å²) in [5.74, 6) is -0.162. The third kappa shape index (κ3) is 4.22. The largest absolute Gasteiger partial charge is 0.502 e. The van der Waals surface area contributed by atoms with Crippen LogP contribution >= 0.6 is 0 Å². The third-order valence-corrected chi connectivity index (χ3v) is 5.35. The molecule has 29 heavy (non-hydrogen) atoms. The van der Waals surface area contributed by atoms with E-state index in [-0.39, 0.29) is 19.0 Å². The lowest BCUT2D eigenvalue weighted by molar-refractivity contribution is -0.118. The number of nitrogens with two attached hydrogens (primary N) is 1. The van der Waals surface area contributed by atoms with Crippen LogP contribution < -0.4 is 20.6 Å². The quantitative estimate of drug-likeness (QED) is 0.763. The summed E-state index contributed by atoms with van der Waals surface area (Å²) in [6.07, 6.45) is 3.29. The van der Waals surface area contributed by atoms with Crippen molar-refractivity contribution in [1.29, 1.82) is 0 Å². The molecule has 0 unspecified atom stereocenters. The minimum absolute atomic E-state index is 0.0437. The molecule has 8 heteroatoms. The van der Waals surface area contributed by atoms with E-state index in [2.05, 4.69) is 4.90 Å². The number of carbonyl (C=O) groups is 1. The van der Waals surface area contributed by atoms with E-state index < -0.39 is 23.0 Å². The predicted molar refractivity (Wildman–Crippen MR) is 104 cm³/mol. The summed E-state index contributed by atoms with van der Waals surface area (Å²) in [4.78, 5) is 26.4. The van der Waals surface area contributed by atoms with Gasteiger partial charge in [0.05, 0.1) is 12.5 Å². The number of aromatic hydroxyl groups is 1. The third-order valence-electron chi connectivity index (χ3n) is 5.35. The Balaban J connectivity index is 1.71. The number of ether oxygens (including phenoxy) is 2. The van der Waals surface area contributed by atoms with E-state index in [9.17, 15) is 14.7 Å². The maximum atomic E-state index is 12.4. The van der Waals surface area contributed by atoms with Gasteiger partial charge in [-0.05, 0) is 43.6 Å². The first-order valence-electron chi connectivity index (χ1n) is 9.77. The zero-order valence-electron chi connectivity index (χ0n) is 16.1. The zero-order valence-corrected chi connectivity index (χ0v) is 16.1. The van der Waals surface area contributed by atoms with Gasteiger partial charge < -0.3 is 24.7 Å². The van der Waals surface area contributed by atoms with Crippen molar-refractivity contribution in [1.82, 2.24) is 4.90 Å². The predicted octanol–water partition coefficient (Wildman–Crippen LogP) is 2.07. The molecule has 3 N–H and O–H groups in total. The number of amides is 1. The van der Waals surface area contributed by atoms with Crippen LogP contribution in [-0.4, -0.2) is 35.8 Å². The van der Waals surface area contributed by atoms with Gasteiger partial charge in [0.1, 0.15) is 5.76 Å². The summed E-state index contributed by atoms with van der Waals surface area (Å²) < 4.78 is 16.7. The van der Waals surface area contributed by atoms with Gasteiger partial charge in [0.15, 0.2) is 17.3 Å². The highest BCUT2D eigenvalue weighted by Crippen LogP contribution is 2.39. The van der Waals surface area contributed by atoms with Crippen LogP contribution in [0.3, 0.4) is 0 Å². The van der Waals surface area contributed by atoms with Gasteiger partial charge in [-0.1, -0.05) is 12.5 Å². The first-order valence-corrected chi connectivity index (χ1v) is 9.77. The molecule has 1 aromatic carbocycles. The number of nitrogens with zero attached hydrogens (tertiary/aromatic N) is 1. The van der Waals surface area contributed by atoms with Crippen LogP contribution in [0.25, 0.3) is 0 Å². The maximum Gasteiger partial charge on any atom is 0.231 e. The Morgan fingerprint density at radius 1 is 1.14 bits per heavy atom. The molecular weight excluding hydrogens is 376 g/mol. The second-order valence-electron chi connectivity index (χ2n) is 7.46. The fraction of sp³-hybridized carbons (Fsp3) is 0.429. The van der Waals surface area contributed by atoms with E-state index in [0.717, 1.165) is 25.9 Å². The molecule has 1 fully saturated rings. The number of fused-ring (bicyclic) bond motifs is 1. The molecule has 1 atom stereocenters. The van der Waals surface area contributed by atoms with Crippen LogP contribution in [0, 0.1) is 0 Å². The van der Waals surface area contributed by atoms with Gasteiger partial charge in [-0.25, -0.2) is 0 Å². The number of likely N-dealkylation sites (tertiary alicyclic amines) is 1. The second kappa shape index (κ2) is 8.16. The van der Waals surface area contributed by atoms with Crippen molar-refractivity contribution in [2.45, 2.75) is 38.1 Å². The molecule has 0 radical (unpaired) electrons. The maximum absolute atomic E-state index is 12.4. The Morgan fingerprint density at radius 2 is 1.90 bits per heavy atom. The molecule has 1 saturated heterocycles. The van der Waals surface area contributed by atoms with E-state index in [0.29, 0.717) is 29.4 Å². The zero-order chi connectivity index (χ0) is 20.4. The Labute approximate surface area is 167 Å². The molecule has 3 heterocycles. The van der Waals surface area contributed by atoms with Gasteiger partial charge in [-0.3, -0.25) is 14.5 Å². The number of piperidine rings is 1. The van der Waals surface area contributed by atoms with E-state index in [1.165, 1.54) is 12.5 Å². The average molecular weight is 400 g/mol. The molecule has 2 aromatic rings. The minimum Gasteiger partial charge on any atom is -0.502 e. The van der Waals surface area contributed by atoms with Crippen LogP contribution in [-0.2, 0) is 11.3 Å². The van der Waals surface area contributed by atoms with Gasteiger partial charge in [0.2, 0.25) is 23.9 Å². The molecule has 8 nitrogen and oxygen atoms in total. The van der Waals surface area contributed by atoms with E-state index in [1.807, 2.05) is 0 Å². The fourth-order valence-corrected chi connectivity index (χ4v) is 3.90. The lowest BCUT2D eigenvalue weighted by Crippen LogP contribution is -2.29. The molecule has 0 aliphatic carbocycles. The molecule has 1 aromatic heterocycles. The van der Waals surface area contributed by atoms with Crippen molar-refractivity contribution in [3.8, 4) is 17.2 Å². The molecule has 2 aliphatic rings. The molecule has 4 rings (SSSR count). The normalized spacial score (nSPS) is 17.2. The van der Waals surface area contributed by atoms with E-state index in [4.69, 9.17) is 19.6 Å². The second-order valence-corrected chi connectivity index (χ2v) is 7.46. The number of rotatable bonds is 6. The lowest BCUT2D eigenvalue weighted by Gasteiger charge is -2.26. The number of hydrogen-bond donors (Lipinski definition) is 2. The van der Waals surface area contributed by atoms with Crippen LogP contribution in [0.5, 0.6) is 17.2 Å². The summed E-state index contributed by atoms with van der Waals surface area (Å²) in [5.41, 5.74) is 5.56. The molecule has 1 amide bonds.